The lowest BCUT2D eigenvalue weighted by molar-refractivity contribution is 0.0861. The smallest absolute Gasteiger partial charge is 0.251 e. The van der Waals surface area contributed by atoms with E-state index in [0.717, 1.165) is 73.5 Å². The number of halogens is 2. The third-order valence-electron chi connectivity index (χ3n) is 8.18. The summed E-state index contributed by atoms with van der Waals surface area (Å²) in [5.74, 6) is 1.04. The summed E-state index contributed by atoms with van der Waals surface area (Å²) in [7, 11) is 2.11. The Kier molecular flexibility index (Phi) is 11.1. The van der Waals surface area contributed by atoms with Crippen molar-refractivity contribution in [2.24, 2.45) is 0 Å². The molecule has 5 nitrogen and oxygen atoms in total. The van der Waals surface area contributed by atoms with E-state index in [-0.39, 0.29) is 18.9 Å². The monoisotopic (exact) mass is 587 g/mol. The number of unbranched alkanes of at least 4 members (excludes halogenated alkanes) is 1. The van der Waals surface area contributed by atoms with Gasteiger partial charge in [0.2, 0.25) is 0 Å². The van der Waals surface area contributed by atoms with E-state index in [1.165, 1.54) is 12.1 Å². The van der Waals surface area contributed by atoms with Crippen LogP contribution in [0.1, 0.15) is 70.8 Å². The van der Waals surface area contributed by atoms with E-state index in [1.54, 1.807) is 0 Å². The predicted molar refractivity (Wildman–Crippen MR) is 168 cm³/mol. The van der Waals surface area contributed by atoms with Crippen LogP contribution < -0.4 is 10.6 Å². The molecule has 1 aliphatic carbocycles. The minimum Gasteiger partial charge on any atom is -0.390 e. The number of amides is 1. The Morgan fingerprint density at radius 3 is 2.49 bits per heavy atom. The summed E-state index contributed by atoms with van der Waals surface area (Å²) in [4.78, 5) is 15.5. The van der Waals surface area contributed by atoms with Crippen molar-refractivity contribution in [2.45, 2.75) is 70.1 Å². The van der Waals surface area contributed by atoms with E-state index in [9.17, 15) is 18.7 Å². The zero-order valence-electron chi connectivity index (χ0n) is 25.4. The molecular formula is C36H43F2N3O2. The molecule has 1 unspecified atom stereocenters. The molecule has 0 spiro atoms. The van der Waals surface area contributed by atoms with E-state index in [0.29, 0.717) is 11.1 Å². The molecule has 1 saturated carbocycles. The van der Waals surface area contributed by atoms with Crippen LogP contribution in [0.15, 0.2) is 60.7 Å². The van der Waals surface area contributed by atoms with Crippen LogP contribution in [0, 0.1) is 30.9 Å². The van der Waals surface area contributed by atoms with Gasteiger partial charge in [-0.1, -0.05) is 43.0 Å². The largest absolute Gasteiger partial charge is 0.390 e. The highest BCUT2D eigenvalue weighted by molar-refractivity contribution is 5.94. The second-order valence-corrected chi connectivity index (χ2v) is 11.9. The van der Waals surface area contributed by atoms with Gasteiger partial charge in [0, 0.05) is 41.9 Å². The van der Waals surface area contributed by atoms with E-state index in [2.05, 4.69) is 41.5 Å². The van der Waals surface area contributed by atoms with E-state index in [4.69, 9.17) is 6.42 Å². The molecule has 228 valence electrons. The van der Waals surface area contributed by atoms with Crippen molar-refractivity contribution in [2.75, 3.05) is 26.7 Å². The first-order chi connectivity index (χ1) is 20.6. The molecule has 0 heterocycles. The zero-order chi connectivity index (χ0) is 31.0. The molecule has 1 aliphatic rings. The number of aryl methyl sites for hydroxylation is 1. The number of carbonyl (C=O) groups is 1. The van der Waals surface area contributed by atoms with Crippen LogP contribution in [0.5, 0.6) is 0 Å². The summed E-state index contributed by atoms with van der Waals surface area (Å²) in [6.45, 7) is 6.07. The zero-order valence-corrected chi connectivity index (χ0v) is 25.4. The van der Waals surface area contributed by atoms with Gasteiger partial charge in [0.15, 0.2) is 0 Å². The molecule has 3 N–H and O–H groups in total. The van der Waals surface area contributed by atoms with Gasteiger partial charge in [-0.15, -0.1) is 6.42 Å². The van der Waals surface area contributed by atoms with Gasteiger partial charge in [-0.2, -0.15) is 0 Å². The van der Waals surface area contributed by atoms with Crippen LogP contribution >= 0.6 is 0 Å². The van der Waals surface area contributed by atoms with Crippen LogP contribution in [0.2, 0.25) is 0 Å². The number of terminal acetylenes is 1. The summed E-state index contributed by atoms with van der Waals surface area (Å²) in [6.07, 6.45) is 9.56. The van der Waals surface area contributed by atoms with Gasteiger partial charge in [-0.25, -0.2) is 8.78 Å². The SMILES string of the molecule is C#Cc1cccc(C2(NC(Cc3cc(F)cc(F)c3)[C@H](O)CNC(=O)c3cc(C)cc(CCN(C)CCCC)c3)CC2)c1. The van der Waals surface area contributed by atoms with Crippen molar-refractivity contribution in [1.29, 1.82) is 0 Å². The molecule has 0 aromatic heterocycles. The minimum atomic E-state index is -1.03. The van der Waals surface area contributed by atoms with Crippen LogP contribution in [0.3, 0.4) is 0 Å². The highest BCUT2D eigenvalue weighted by atomic mass is 19.1. The Hall–Kier alpha value is -3.57. The molecule has 3 aromatic carbocycles. The van der Waals surface area contributed by atoms with E-state index < -0.39 is 29.3 Å². The number of carbonyl (C=O) groups excluding carboxylic acids is 1. The Morgan fingerprint density at radius 2 is 1.81 bits per heavy atom. The quantitative estimate of drug-likeness (QED) is 0.205. The Balaban J connectivity index is 1.47. The Morgan fingerprint density at radius 1 is 1.07 bits per heavy atom. The Labute approximate surface area is 254 Å². The molecule has 2 atom stereocenters. The van der Waals surface area contributed by atoms with Gasteiger partial charge in [-0.05, 0) is 106 Å². The first-order valence-electron chi connectivity index (χ1n) is 15.2. The lowest BCUT2D eigenvalue weighted by Crippen LogP contribution is -2.51. The summed E-state index contributed by atoms with van der Waals surface area (Å²) in [5, 5.41) is 17.8. The van der Waals surface area contributed by atoms with E-state index in [1.807, 2.05) is 43.3 Å². The third kappa shape index (κ3) is 9.21. The van der Waals surface area contributed by atoms with Crippen LogP contribution in [0.25, 0.3) is 0 Å². The van der Waals surface area contributed by atoms with Crippen LogP contribution in [-0.4, -0.2) is 54.7 Å². The van der Waals surface area contributed by atoms with Gasteiger partial charge in [0.25, 0.3) is 5.91 Å². The van der Waals surface area contributed by atoms with Gasteiger partial charge in [-0.3, -0.25) is 4.79 Å². The molecule has 3 aromatic rings. The third-order valence-corrected chi connectivity index (χ3v) is 8.18. The molecular weight excluding hydrogens is 544 g/mol. The molecule has 0 aliphatic heterocycles. The van der Waals surface area contributed by atoms with Crippen molar-refractivity contribution in [3.63, 3.8) is 0 Å². The van der Waals surface area contributed by atoms with Gasteiger partial charge < -0.3 is 20.6 Å². The molecule has 0 radical (unpaired) electrons. The highest BCUT2D eigenvalue weighted by Gasteiger charge is 2.46. The van der Waals surface area contributed by atoms with Crippen molar-refractivity contribution in [3.05, 3.63) is 106 Å². The molecule has 0 saturated heterocycles. The number of nitrogens with zero attached hydrogens (tertiary/aromatic N) is 1. The highest BCUT2D eigenvalue weighted by Crippen LogP contribution is 2.46. The number of aliphatic hydroxyl groups is 1. The number of likely N-dealkylation sites (N-methyl/N-ethyl adjacent to an activating group) is 1. The molecule has 1 fully saturated rings. The van der Waals surface area contributed by atoms with Crippen LogP contribution in [0.4, 0.5) is 8.78 Å². The Bertz CT molecular complexity index is 1430. The summed E-state index contributed by atoms with van der Waals surface area (Å²) in [6, 6.07) is 16.3. The van der Waals surface area contributed by atoms with Crippen molar-refractivity contribution in [1.82, 2.24) is 15.5 Å². The number of rotatable bonds is 15. The number of nitrogens with one attached hydrogen (secondary N) is 2. The summed E-state index contributed by atoms with van der Waals surface area (Å²) in [5.41, 5.74) is 4.39. The number of benzene rings is 3. The normalized spacial score (nSPS) is 15.1. The van der Waals surface area contributed by atoms with Crippen molar-refractivity contribution < 1.29 is 18.7 Å². The fourth-order valence-corrected chi connectivity index (χ4v) is 5.61. The van der Waals surface area contributed by atoms with Gasteiger partial charge in [0.1, 0.15) is 11.6 Å². The summed E-state index contributed by atoms with van der Waals surface area (Å²) < 4.78 is 28.1. The lowest BCUT2D eigenvalue weighted by Gasteiger charge is -2.30. The average Bonchev–Trinajstić information content (AvgIpc) is 3.77. The summed E-state index contributed by atoms with van der Waals surface area (Å²) >= 11 is 0. The maximum Gasteiger partial charge on any atom is 0.251 e. The molecule has 7 heteroatoms. The van der Waals surface area contributed by atoms with Crippen LogP contribution in [-0.2, 0) is 18.4 Å². The number of hydrogen-bond acceptors (Lipinski definition) is 4. The van der Waals surface area contributed by atoms with Crippen molar-refractivity contribution in [3.8, 4) is 12.3 Å². The topological polar surface area (TPSA) is 64.6 Å². The fourth-order valence-electron chi connectivity index (χ4n) is 5.61. The van der Waals surface area contributed by atoms with Gasteiger partial charge >= 0.3 is 0 Å². The standard InChI is InChI=1S/C36H43F2N3O2/c1-5-7-14-41(4)15-11-27-16-25(3)17-29(18-27)35(43)39-24-34(42)33(22-28-20-31(37)23-32(38)21-28)40-36(12-13-36)30-10-8-9-26(6-2)19-30/h2,8-10,16-21,23,33-34,40,42H,5,7,11-15,22,24H2,1,3-4H3,(H,39,43)/t33?,34-/m1/s1. The van der Waals surface area contributed by atoms with E-state index >= 15 is 0 Å². The first kappa shape index (κ1) is 32.3. The number of hydrogen-bond donors (Lipinski definition) is 3. The molecule has 43 heavy (non-hydrogen) atoms. The second-order valence-electron chi connectivity index (χ2n) is 11.9. The average molecular weight is 588 g/mol. The molecule has 1 amide bonds. The lowest BCUT2D eigenvalue weighted by atomic mass is 9.96. The second kappa shape index (κ2) is 14.7. The fraction of sp³-hybridized carbons (Fsp3) is 0.417. The predicted octanol–water partition coefficient (Wildman–Crippen LogP) is 5.51. The minimum absolute atomic E-state index is 0.0300. The maximum atomic E-state index is 14.0. The molecule has 4 rings (SSSR count). The first-order valence-corrected chi connectivity index (χ1v) is 15.2. The maximum absolute atomic E-state index is 14.0. The number of aliphatic hydroxyl groups excluding tert-OH is 1. The molecule has 0 bridgehead atoms. The van der Waals surface area contributed by atoms with Crippen molar-refractivity contribution >= 4 is 5.91 Å². The van der Waals surface area contributed by atoms with Gasteiger partial charge in [0.05, 0.1) is 6.10 Å².